The van der Waals surface area contributed by atoms with Gasteiger partial charge < -0.3 is 4.74 Å². The van der Waals surface area contributed by atoms with Gasteiger partial charge in [0.15, 0.2) is 18.0 Å². The smallest absolute Gasteiger partial charge is 0.186 e. The SMILES string of the molecule is [2H]c1c([2H])c([2H])c(-c2cccc(-c3c([2H])c([2H])c([2H])c([2H])c3[2H])c2[N@+]23[CH-][N@+](c4cc(Oc5ccc6c7ccccc7n(-c7cc(C(C)(C)C)ccn7)c6c5)cc(C(C)(C)C)c4)(C2)c2cccc(C([2H])([2H])[2H])c23)c([2H])c1[2H]. The Hall–Kier alpha value is -6.79. The molecule has 2 aromatic heterocycles. The van der Waals surface area contributed by atoms with Crippen molar-refractivity contribution in [3.05, 3.63) is 199 Å². The Morgan fingerprint density at radius 2 is 1.29 bits per heavy atom. The maximum Gasteiger partial charge on any atom is 0.186 e. The number of pyridine rings is 1. The molecule has 12 rings (SSSR count). The van der Waals surface area contributed by atoms with Gasteiger partial charge >= 0.3 is 0 Å². The number of aromatic nitrogens is 2. The minimum Gasteiger partial charge on any atom is -0.457 e. The lowest BCUT2D eigenvalue weighted by molar-refractivity contribution is 0.187. The van der Waals surface area contributed by atoms with E-state index >= 15 is 0 Å². The van der Waals surface area contributed by atoms with Crippen molar-refractivity contribution in [2.24, 2.45) is 0 Å². The van der Waals surface area contributed by atoms with Crippen molar-refractivity contribution in [2.75, 3.05) is 6.67 Å². The number of nitrogens with zero attached hydrogens (tertiary/aromatic N) is 4. The van der Waals surface area contributed by atoms with E-state index in [2.05, 4.69) is 76.4 Å². The first-order chi connectivity index (χ1) is 35.7. The summed E-state index contributed by atoms with van der Waals surface area (Å²) < 4.78 is 124. The molecule has 0 aliphatic carbocycles. The quantitative estimate of drug-likeness (QED) is 0.118. The van der Waals surface area contributed by atoms with Crippen molar-refractivity contribution in [3.8, 4) is 39.6 Å². The highest BCUT2D eigenvalue weighted by atomic mass is 16.5. The first kappa shape index (κ1) is 27.3. The fraction of sp³-hybridized carbons (Fsp3) is 0.172. The van der Waals surface area contributed by atoms with Crippen molar-refractivity contribution < 1.29 is 22.6 Å². The molecule has 63 heavy (non-hydrogen) atoms. The van der Waals surface area contributed by atoms with Gasteiger partial charge in [-0.15, -0.1) is 0 Å². The van der Waals surface area contributed by atoms with Crippen LogP contribution < -0.4 is 13.7 Å². The Morgan fingerprint density at radius 3 is 1.97 bits per heavy atom. The molecule has 310 valence electrons. The van der Waals surface area contributed by atoms with Gasteiger partial charge in [-0.1, -0.05) is 138 Å². The molecule has 0 radical (unpaired) electrons. The predicted octanol–water partition coefficient (Wildman–Crippen LogP) is 15.6. The summed E-state index contributed by atoms with van der Waals surface area (Å²) in [5.74, 6) is 1.83. The van der Waals surface area contributed by atoms with Crippen molar-refractivity contribution in [1.82, 2.24) is 18.5 Å². The predicted molar refractivity (Wildman–Crippen MR) is 263 cm³/mol. The number of rotatable bonds is 7. The third-order valence-corrected chi connectivity index (χ3v) is 12.6. The normalized spacial score (nSPS) is 21.2. The highest BCUT2D eigenvalue weighted by Crippen LogP contribution is 2.68. The van der Waals surface area contributed by atoms with Crippen LogP contribution in [0, 0.1) is 13.5 Å². The Balaban J connectivity index is 1.14. The molecule has 0 spiro atoms. The summed E-state index contributed by atoms with van der Waals surface area (Å²) >= 11 is 0. The van der Waals surface area contributed by atoms with Gasteiger partial charge in [0, 0.05) is 62.0 Å². The molecule has 5 heteroatoms. The van der Waals surface area contributed by atoms with E-state index in [9.17, 15) is 5.48 Å². The van der Waals surface area contributed by atoms with Gasteiger partial charge in [-0.2, -0.15) is 0 Å². The molecule has 0 N–H and O–H groups in total. The highest BCUT2D eigenvalue weighted by Gasteiger charge is 2.64. The van der Waals surface area contributed by atoms with Crippen LogP contribution in [-0.4, -0.2) is 16.2 Å². The van der Waals surface area contributed by atoms with Crippen LogP contribution in [-0.2, 0) is 10.8 Å². The molecule has 9 aromatic rings. The first-order valence-corrected chi connectivity index (χ1v) is 21.1. The van der Waals surface area contributed by atoms with Gasteiger partial charge in [0.25, 0.3) is 0 Å². The lowest BCUT2D eigenvalue weighted by atomic mass is 9.86. The van der Waals surface area contributed by atoms with E-state index in [1.807, 2.05) is 61.4 Å². The molecule has 3 aliphatic heterocycles. The first-order valence-electron chi connectivity index (χ1n) is 27.6. The molecule has 5 heterocycles. The zero-order chi connectivity index (χ0) is 54.5. The number of ether oxygens (including phenoxy) is 1. The standard InChI is InChI=1S/C58H53N4O/c1-39-18-16-27-53-55(39)62(56-47(40-19-10-8-11-20-40)24-17-25-48(56)41-21-12-9-13-22-41)37-61(53,38-62)44-32-43(58(5,6)7)33-46(35-44)63-45-28-29-50-49-23-14-15-26-51(49)60(52(50)36-45)54-34-42(30-31-59-54)57(2,3)4/h8-37H,38H2,1-7H3/q+1/t61-,62-/m1/s1/i1D3,8D,9D,10D,11D,12D,13D,19D,20D,21D,22D. The molecule has 2 atom stereocenters. The van der Waals surface area contributed by atoms with Gasteiger partial charge in [0.05, 0.1) is 31.4 Å². The van der Waals surface area contributed by atoms with Crippen LogP contribution in [0.3, 0.4) is 0 Å². The third-order valence-electron chi connectivity index (χ3n) is 12.6. The van der Waals surface area contributed by atoms with Crippen LogP contribution >= 0.6 is 0 Å². The second-order valence-corrected chi connectivity index (χ2v) is 18.6. The summed E-state index contributed by atoms with van der Waals surface area (Å²) in [7, 11) is 0. The van der Waals surface area contributed by atoms with Crippen LogP contribution in [0.2, 0.25) is 0 Å². The Morgan fingerprint density at radius 1 is 0.619 bits per heavy atom. The average Bonchev–Trinajstić information content (AvgIpc) is 3.96. The van der Waals surface area contributed by atoms with Gasteiger partial charge in [0.1, 0.15) is 28.7 Å². The minimum absolute atomic E-state index is 0.0173. The van der Waals surface area contributed by atoms with E-state index in [1.165, 1.54) is 6.07 Å². The second-order valence-electron chi connectivity index (χ2n) is 18.6. The van der Waals surface area contributed by atoms with E-state index < -0.39 is 77.2 Å². The summed E-state index contributed by atoms with van der Waals surface area (Å²) in [6.45, 7) is 12.0. The average molecular weight is 835 g/mol. The van der Waals surface area contributed by atoms with Crippen molar-refractivity contribution >= 4 is 44.6 Å². The molecule has 0 amide bonds. The molecule has 5 nitrogen and oxygen atoms in total. The van der Waals surface area contributed by atoms with Crippen LogP contribution in [0.4, 0.5) is 22.7 Å². The van der Waals surface area contributed by atoms with Crippen LogP contribution in [0.15, 0.2) is 176 Å². The number of hydrogen-bond donors (Lipinski definition) is 0. The third kappa shape index (κ3) is 6.17. The zero-order valence-corrected chi connectivity index (χ0v) is 36.0. The number of para-hydroxylation sites is 3. The lowest BCUT2D eigenvalue weighted by Gasteiger charge is -2.57. The van der Waals surface area contributed by atoms with E-state index in [4.69, 9.17) is 22.1 Å². The molecular weight excluding hydrogens is 769 g/mol. The minimum atomic E-state index is -2.71. The molecule has 2 bridgehead atoms. The van der Waals surface area contributed by atoms with Crippen molar-refractivity contribution in [2.45, 2.75) is 59.2 Å². The molecule has 0 saturated carbocycles. The zero-order valence-electron chi connectivity index (χ0n) is 49.0. The van der Waals surface area contributed by atoms with Crippen LogP contribution in [0.25, 0.3) is 49.9 Å². The monoisotopic (exact) mass is 835 g/mol. The summed E-state index contributed by atoms with van der Waals surface area (Å²) in [4.78, 5) is 4.86. The molecule has 3 aliphatic rings. The molecular formula is C58H53N4O+. The number of aryl methyl sites for hydroxylation is 1. The molecule has 1 saturated heterocycles. The number of quaternary nitrogens is 2. The summed E-state index contributed by atoms with van der Waals surface area (Å²) in [6.07, 6.45) is 1.84. The van der Waals surface area contributed by atoms with Crippen molar-refractivity contribution in [1.29, 1.82) is 0 Å². The second kappa shape index (κ2) is 14.1. The summed E-state index contributed by atoms with van der Waals surface area (Å²) in [5.41, 5.74) is 4.94. The fourth-order valence-electron chi connectivity index (χ4n) is 9.59. The van der Waals surface area contributed by atoms with Gasteiger partial charge in [-0.05, 0) is 88.5 Å². The molecule has 1 fully saturated rings. The maximum absolute atomic E-state index is 9.23. The molecule has 7 aromatic carbocycles. The van der Waals surface area contributed by atoms with E-state index in [1.54, 1.807) is 24.3 Å². The van der Waals surface area contributed by atoms with Crippen LogP contribution in [0.1, 0.15) is 76.1 Å². The topological polar surface area (TPSA) is 27.1 Å². The Bertz CT molecular complexity index is 3810. The Kier molecular flexibility index (Phi) is 6.12. The summed E-state index contributed by atoms with van der Waals surface area (Å²) in [6, 6.07) is 28.4. The van der Waals surface area contributed by atoms with Crippen molar-refractivity contribution in [3.63, 3.8) is 0 Å². The summed E-state index contributed by atoms with van der Waals surface area (Å²) in [5, 5.41) is 2.07. The highest BCUT2D eigenvalue weighted by molar-refractivity contribution is 6.09. The number of benzene rings is 7. The van der Waals surface area contributed by atoms with E-state index in [0.717, 1.165) is 38.8 Å². The van der Waals surface area contributed by atoms with Gasteiger partial charge in [0.2, 0.25) is 0 Å². The number of hydrogen-bond acceptors (Lipinski definition) is 2. The van der Waals surface area contributed by atoms with Gasteiger partial charge in [-0.25, -0.2) is 4.98 Å². The lowest BCUT2D eigenvalue weighted by Crippen LogP contribution is -2.67. The van der Waals surface area contributed by atoms with E-state index in [0.29, 0.717) is 28.6 Å². The van der Waals surface area contributed by atoms with E-state index in [-0.39, 0.29) is 50.1 Å². The fourth-order valence-corrected chi connectivity index (χ4v) is 9.59. The van der Waals surface area contributed by atoms with Crippen LogP contribution in [0.5, 0.6) is 11.5 Å². The molecule has 0 unspecified atom stereocenters. The maximum atomic E-state index is 9.23. The van der Waals surface area contributed by atoms with Gasteiger partial charge in [-0.3, -0.25) is 13.5 Å². The Labute approximate surface area is 389 Å². The number of fused-ring (bicyclic) bond motifs is 3. The largest absolute Gasteiger partial charge is 0.457 e.